The van der Waals surface area contributed by atoms with Crippen LogP contribution in [0.1, 0.15) is 239 Å². The number of hydrogen-bond donors (Lipinski definition) is 12. The minimum Gasteiger partial charge on any atom is -0.394 e. The van der Waals surface area contributed by atoms with Gasteiger partial charge in [0, 0.05) is 6.42 Å². The maximum absolute atomic E-state index is 13.4. The van der Waals surface area contributed by atoms with Gasteiger partial charge in [0.25, 0.3) is 0 Å². The van der Waals surface area contributed by atoms with Crippen molar-refractivity contribution in [3.63, 3.8) is 0 Å². The molecular formula is C77H131NO18. The van der Waals surface area contributed by atoms with Crippen molar-refractivity contribution in [3.05, 3.63) is 109 Å². The van der Waals surface area contributed by atoms with Crippen LogP contribution >= 0.6 is 0 Å². The summed E-state index contributed by atoms with van der Waals surface area (Å²) >= 11 is 0. The Balaban J connectivity index is 1.45. The van der Waals surface area contributed by atoms with Crippen LogP contribution in [0.3, 0.4) is 0 Å². The van der Waals surface area contributed by atoms with E-state index in [0.717, 1.165) is 103 Å². The highest BCUT2D eigenvalue weighted by Crippen LogP contribution is 2.33. The SMILES string of the molecule is CC/C=C\C/C=C\C/C=C\C/C=C\C/C=C\C/C=C\CCCCCCCCC(=O)NC(COC1OC(CO)C(OC2OC(CO)C(OC3OC(CO)C(O)C(O)C3O)C(O)C2O)C(O)C1O)C(O)/C=C/CC/C=C/CC/C=C/CCCCCCCCCCCCCCCCCC. The van der Waals surface area contributed by atoms with Crippen LogP contribution in [0, 0.1) is 0 Å². The van der Waals surface area contributed by atoms with Crippen LogP contribution in [0.2, 0.25) is 0 Å². The van der Waals surface area contributed by atoms with E-state index >= 15 is 0 Å². The molecule has 0 spiro atoms. The summed E-state index contributed by atoms with van der Waals surface area (Å²) in [5.41, 5.74) is 0. The van der Waals surface area contributed by atoms with Gasteiger partial charge in [0.15, 0.2) is 18.9 Å². The second-order valence-corrected chi connectivity index (χ2v) is 26.0. The van der Waals surface area contributed by atoms with E-state index in [2.05, 4.69) is 116 Å². The highest BCUT2D eigenvalue weighted by molar-refractivity contribution is 5.76. The predicted molar refractivity (Wildman–Crippen MR) is 378 cm³/mol. The van der Waals surface area contributed by atoms with Gasteiger partial charge < -0.3 is 89.9 Å². The lowest BCUT2D eigenvalue weighted by Crippen LogP contribution is -2.66. The first-order chi connectivity index (χ1) is 46.8. The van der Waals surface area contributed by atoms with Gasteiger partial charge in [0.2, 0.25) is 5.91 Å². The third-order valence-electron chi connectivity index (χ3n) is 17.8. The molecule has 0 aromatic rings. The van der Waals surface area contributed by atoms with E-state index in [-0.39, 0.29) is 18.9 Å². The molecule has 3 rings (SSSR count). The van der Waals surface area contributed by atoms with E-state index in [9.17, 15) is 61.0 Å². The second-order valence-electron chi connectivity index (χ2n) is 26.0. The Labute approximate surface area is 576 Å². The van der Waals surface area contributed by atoms with Crippen molar-refractivity contribution >= 4 is 5.91 Å². The van der Waals surface area contributed by atoms with E-state index in [1.807, 2.05) is 6.08 Å². The largest absolute Gasteiger partial charge is 0.394 e. The van der Waals surface area contributed by atoms with Crippen LogP contribution in [-0.2, 0) is 33.2 Å². The molecule has 552 valence electrons. The van der Waals surface area contributed by atoms with Gasteiger partial charge in [-0.25, -0.2) is 0 Å². The molecular weight excluding hydrogens is 1230 g/mol. The zero-order valence-corrected chi connectivity index (χ0v) is 58.6. The second kappa shape index (κ2) is 57.1. The summed E-state index contributed by atoms with van der Waals surface area (Å²) in [5, 5.41) is 121. The molecule has 3 fully saturated rings. The molecule has 0 bridgehead atoms. The van der Waals surface area contributed by atoms with Crippen LogP contribution in [0.5, 0.6) is 0 Å². The van der Waals surface area contributed by atoms with E-state index in [0.29, 0.717) is 12.8 Å². The number of amides is 1. The topological polar surface area (TPSA) is 307 Å². The third-order valence-corrected chi connectivity index (χ3v) is 17.8. The van der Waals surface area contributed by atoms with Crippen LogP contribution < -0.4 is 5.32 Å². The smallest absolute Gasteiger partial charge is 0.220 e. The molecule has 3 aliphatic heterocycles. The molecule has 3 saturated heterocycles. The van der Waals surface area contributed by atoms with Crippen LogP contribution in [-0.4, -0.2) is 193 Å². The maximum Gasteiger partial charge on any atom is 0.220 e. The van der Waals surface area contributed by atoms with Gasteiger partial charge in [-0.2, -0.15) is 0 Å². The number of aliphatic hydroxyl groups excluding tert-OH is 11. The van der Waals surface area contributed by atoms with E-state index in [1.54, 1.807) is 6.08 Å². The molecule has 12 N–H and O–H groups in total. The number of rotatable bonds is 56. The lowest BCUT2D eigenvalue weighted by atomic mass is 9.96. The first kappa shape index (κ1) is 86.7. The summed E-state index contributed by atoms with van der Waals surface area (Å²) in [6.45, 7) is 1.58. The number of allylic oxidation sites excluding steroid dienone is 17. The van der Waals surface area contributed by atoms with Gasteiger partial charge in [-0.05, 0) is 96.3 Å². The summed E-state index contributed by atoms with van der Waals surface area (Å²) < 4.78 is 34.4. The van der Waals surface area contributed by atoms with Gasteiger partial charge in [0.05, 0.1) is 38.6 Å². The van der Waals surface area contributed by atoms with E-state index in [4.69, 9.17) is 28.4 Å². The molecule has 0 aromatic carbocycles. The zero-order chi connectivity index (χ0) is 69.6. The normalized spacial score (nSPS) is 27.7. The molecule has 0 aromatic heterocycles. The molecule has 17 unspecified atom stereocenters. The number of nitrogens with one attached hydrogen (secondary N) is 1. The number of hydrogen-bond acceptors (Lipinski definition) is 18. The first-order valence-corrected chi connectivity index (χ1v) is 37.1. The fourth-order valence-corrected chi connectivity index (χ4v) is 11.8. The van der Waals surface area contributed by atoms with E-state index < -0.39 is 124 Å². The molecule has 3 heterocycles. The monoisotopic (exact) mass is 1360 g/mol. The minimum absolute atomic E-state index is 0.208. The zero-order valence-electron chi connectivity index (χ0n) is 58.6. The number of unbranched alkanes of at least 4 members (excludes halogenated alkanes) is 24. The Bertz CT molecular complexity index is 2160. The van der Waals surface area contributed by atoms with Crippen molar-refractivity contribution in [1.82, 2.24) is 5.32 Å². The Morgan fingerprint density at radius 1 is 0.385 bits per heavy atom. The van der Waals surface area contributed by atoms with Gasteiger partial charge in [-0.15, -0.1) is 0 Å². The Morgan fingerprint density at radius 3 is 1.17 bits per heavy atom. The van der Waals surface area contributed by atoms with Gasteiger partial charge >= 0.3 is 0 Å². The minimum atomic E-state index is -1.99. The van der Waals surface area contributed by atoms with Crippen molar-refractivity contribution in [3.8, 4) is 0 Å². The number of ether oxygens (including phenoxy) is 6. The molecule has 19 heteroatoms. The molecule has 17 atom stereocenters. The molecule has 1 amide bonds. The number of aliphatic hydroxyl groups is 11. The number of carbonyl (C=O) groups is 1. The van der Waals surface area contributed by atoms with Gasteiger partial charge in [-0.1, -0.05) is 245 Å². The standard InChI is InChI=1S/C77H131NO18/c1-3-5-7-9-11-13-15-17-19-21-23-25-27-29-31-32-34-36-38-40-42-44-46-48-50-52-54-61(82)60(78-65(83)55-53-51-49-47-45-43-41-39-37-35-33-30-28-26-24-22-20-18-16-14-12-10-8-6-4-2)59-91-75-71(89)68(86)73(63(57-80)93-75)96-77-72(90)69(87)74(64(58-81)94-77)95-76-70(88)67(85)66(84)62(56-79)92-76/h6,8,12,14,18,20,24,26,30,33,36-39,44,46,52,54,60-64,66-77,79-82,84-90H,3-5,7,9-11,13,15-17,19,21-23,25,27-29,31-32,34-35,40-43,45,47-51,53,55-59H2,1-2H3,(H,78,83)/b8-6-,14-12-,20-18-,26-24-,33-30-,38-36+,39-37-,46-44+,54-52+. The fourth-order valence-electron chi connectivity index (χ4n) is 11.8. The lowest BCUT2D eigenvalue weighted by molar-refractivity contribution is -0.379. The molecule has 0 radical (unpaired) electrons. The Kier molecular flexibility index (Phi) is 51.6. The van der Waals surface area contributed by atoms with Crippen LogP contribution in [0.25, 0.3) is 0 Å². The summed E-state index contributed by atoms with van der Waals surface area (Å²) in [6.07, 6.45) is 50.6. The van der Waals surface area contributed by atoms with Crippen LogP contribution in [0.4, 0.5) is 0 Å². The summed E-state index contributed by atoms with van der Waals surface area (Å²) in [5.74, 6) is -0.308. The lowest BCUT2D eigenvalue weighted by Gasteiger charge is -2.48. The van der Waals surface area contributed by atoms with Crippen molar-refractivity contribution in [2.45, 2.75) is 343 Å². The Hall–Kier alpha value is -3.55. The summed E-state index contributed by atoms with van der Waals surface area (Å²) in [7, 11) is 0. The third kappa shape index (κ3) is 37.8. The highest BCUT2D eigenvalue weighted by Gasteiger charge is 2.53. The fraction of sp³-hybridized carbons (Fsp3) is 0.753. The maximum atomic E-state index is 13.4. The van der Waals surface area contributed by atoms with Crippen LogP contribution in [0.15, 0.2) is 109 Å². The average Bonchev–Trinajstić information content (AvgIpc) is 0.788. The highest BCUT2D eigenvalue weighted by atomic mass is 16.8. The molecule has 0 aliphatic carbocycles. The average molecular weight is 1360 g/mol. The summed E-state index contributed by atoms with van der Waals surface area (Å²) in [6, 6.07) is -1.01. The quantitative estimate of drug-likeness (QED) is 0.0199. The molecule has 96 heavy (non-hydrogen) atoms. The van der Waals surface area contributed by atoms with Crippen molar-refractivity contribution < 1.29 is 89.4 Å². The molecule has 19 nitrogen and oxygen atoms in total. The first-order valence-electron chi connectivity index (χ1n) is 37.1. The van der Waals surface area contributed by atoms with Crippen molar-refractivity contribution in [1.29, 1.82) is 0 Å². The van der Waals surface area contributed by atoms with Crippen molar-refractivity contribution in [2.75, 3.05) is 26.4 Å². The molecule has 0 saturated carbocycles. The summed E-state index contributed by atoms with van der Waals surface area (Å²) in [4.78, 5) is 13.4. The predicted octanol–water partition coefficient (Wildman–Crippen LogP) is 11.0. The number of carbonyl (C=O) groups excluding carboxylic acids is 1. The van der Waals surface area contributed by atoms with Gasteiger partial charge in [-0.3, -0.25) is 4.79 Å². The molecule has 3 aliphatic rings. The van der Waals surface area contributed by atoms with Crippen molar-refractivity contribution in [2.24, 2.45) is 0 Å². The van der Waals surface area contributed by atoms with E-state index in [1.165, 1.54) is 103 Å². The Morgan fingerprint density at radius 2 is 0.729 bits per heavy atom. The van der Waals surface area contributed by atoms with Gasteiger partial charge in [0.1, 0.15) is 73.2 Å².